The number of amides is 1. The highest BCUT2D eigenvalue weighted by Crippen LogP contribution is 2.41. The highest BCUT2D eigenvalue weighted by atomic mass is 79.9. The number of azo groups is 1. The van der Waals surface area contributed by atoms with Gasteiger partial charge in [0.1, 0.15) is 0 Å². The topological polar surface area (TPSA) is 77.8 Å². The van der Waals surface area contributed by atoms with E-state index < -0.39 is 5.91 Å². The minimum absolute atomic E-state index is 0.118. The molecule has 0 aliphatic heterocycles. The number of benzene rings is 2. The molecule has 6 heteroatoms. The van der Waals surface area contributed by atoms with Gasteiger partial charge in [-0.3, -0.25) is 4.79 Å². The Hall–Kier alpha value is -2.47. The highest BCUT2D eigenvalue weighted by Gasteiger charge is 2.15. The van der Waals surface area contributed by atoms with Gasteiger partial charge >= 0.3 is 0 Å². The van der Waals surface area contributed by atoms with E-state index in [0.717, 1.165) is 21.1 Å². The number of hydrogen-bond acceptors (Lipinski definition) is 3. The van der Waals surface area contributed by atoms with Crippen LogP contribution in [0.25, 0.3) is 10.9 Å². The quantitative estimate of drug-likeness (QED) is 0.608. The molecule has 1 heterocycles. The molecule has 1 aromatic heterocycles. The van der Waals surface area contributed by atoms with Crippen molar-refractivity contribution >= 4 is 38.4 Å². The van der Waals surface area contributed by atoms with Crippen LogP contribution in [0.4, 0.5) is 5.69 Å². The van der Waals surface area contributed by atoms with Crippen LogP contribution in [0.15, 0.2) is 51.1 Å². The Kier molecular flexibility index (Phi) is 4.00. The molecule has 0 atom stereocenters. The number of aromatic amines is 1. The van der Waals surface area contributed by atoms with Crippen LogP contribution < -0.4 is 0 Å². The number of aromatic hydroxyl groups is 1. The van der Waals surface area contributed by atoms with Gasteiger partial charge in [0.15, 0.2) is 5.69 Å². The summed E-state index contributed by atoms with van der Waals surface area (Å²) in [5, 5.41) is 18.4. The Morgan fingerprint density at radius 3 is 2.74 bits per heavy atom. The van der Waals surface area contributed by atoms with E-state index in [1.807, 2.05) is 32.0 Å². The largest absolute Gasteiger partial charge is 0.493 e. The standard InChI is InChI=1S/C17H14BrN3O2/c1-9-4-3-5-11(8-9)16(22)21-20-15-13-12(19-17(15)23)7-6-10(2)14(13)18/h3-8,19,23H,1-2H3. The van der Waals surface area contributed by atoms with Gasteiger partial charge in [0.25, 0.3) is 5.91 Å². The molecule has 3 rings (SSSR count). The minimum Gasteiger partial charge on any atom is -0.493 e. The molecule has 0 spiro atoms. The van der Waals surface area contributed by atoms with Gasteiger partial charge in [-0.25, -0.2) is 0 Å². The molecule has 3 aromatic rings. The molecule has 1 amide bonds. The molecule has 116 valence electrons. The summed E-state index contributed by atoms with van der Waals surface area (Å²) in [7, 11) is 0. The number of H-pyrrole nitrogens is 1. The maximum absolute atomic E-state index is 12.1. The summed E-state index contributed by atoms with van der Waals surface area (Å²) in [6, 6.07) is 10.9. The van der Waals surface area contributed by atoms with Gasteiger partial charge in [0.05, 0.1) is 5.52 Å². The Bertz CT molecular complexity index is 944. The summed E-state index contributed by atoms with van der Waals surface area (Å²) < 4.78 is 0.809. The second kappa shape index (κ2) is 5.96. The Morgan fingerprint density at radius 1 is 1.22 bits per heavy atom. The van der Waals surface area contributed by atoms with Crippen LogP contribution in [-0.4, -0.2) is 16.0 Å². The molecule has 0 unspecified atom stereocenters. The molecule has 0 saturated heterocycles. The number of nitrogens with one attached hydrogen (secondary N) is 1. The molecule has 0 radical (unpaired) electrons. The molecule has 2 aromatic carbocycles. The van der Waals surface area contributed by atoms with Crippen molar-refractivity contribution in [3.8, 4) is 5.88 Å². The van der Waals surface area contributed by atoms with Crippen LogP contribution in [-0.2, 0) is 0 Å². The summed E-state index contributed by atoms with van der Waals surface area (Å²) in [5.41, 5.74) is 3.40. The van der Waals surface area contributed by atoms with Crippen LogP contribution in [0.2, 0.25) is 0 Å². The number of fused-ring (bicyclic) bond motifs is 1. The summed E-state index contributed by atoms with van der Waals surface area (Å²) in [6.07, 6.45) is 0. The lowest BCUT2D eigenvalue weighted by Crippen LogP contribution is -1.93. The maximum atomic E-state index is 12.1. The monoisotopic (exact) mass is 371 g/mol. The first kappa shape index (κ1) is 15.4. The molecular formula is C17H14BrN3O2. The summed E-state index contributed by atoms with van der Waals surface area (Å²) in [4.78, 5) is 15.0. The summed E-state index contributed by atoms with van der Waals surface area (Å²) in [5.74, 6) is -0.571. The number of carbonyl (C=O) groups is 1. The van der Waals surface area contributed by atoms with Crippen molar-refractivity contribution in [1.29, 1.82) is 0 Å². The maximum Gasteiger partial charge on any atom is 0.295 e. The van der Waals surface area contributed by atoms with Gasteiger partial charge in [-0.2, -0.15) is 0 Å². The predicted molar refractivity (Wildman–Crippen MR) is 92.4 cm³/mol. The zero-order chi connectivity index (χ0) is 16.6. The second-order valence-corrected chi connectivity index (χ2v) is 6.11. The van der Waals surface area contributed by atoms with E-state index >= 15 is 0 Å². The van der Waals surface area contributed by atoms with Gasteiger partial charge in [-0.1, -0.05) is 23.8 Å². The van der Waals surface area contributed by atoms with Crippen molar-refractivity contribution in [3.63, 3.8) is 0 Å². The van der Waals surface area contributed by atoms with Crippen LogP contribution in [0.5, 0.6) is 5.88 Å². The number of hydrogen-bond donors (Lipinski definition) is 2. The smallest absolute Gasteiger partial charge is 0.295 e. The van der Waals surface area contributed by atoms with Gasteiger partial charge in [0, 0.05) is 15.4 Å². The fourth-order valence-electron chi connectivity index (χ4n) is 2.35. The van der Waals surface area contributed by atoms with Crippen molar-refractivity contribution in [2.75, 3.05) is 0 Å². The van der Waals surface area contributed by atoms with E-state index in [-0.39, 0.29) is 11.6 Å². The molecule has 2 N–H and O–H groups in total. The molecule has 0 aliphatic rings. The van der Waals surface area contributed by atoms with Crippen molar-refractivity contribution in [2.45, 2.75) is 13.8 Å². The second-order valence-electron chi connectivity index (χ2n) is 5.32. The van der Waals surface area contributed by atoms with E-state index in [0.29, 0.717) is 10.9 Å². The molecular weight excluding hydrogens is 358 g/mol. The van der Waals surface area contributed by atoms with E-state index in [2.05, 4.69) is 31.1 Å². The molecule has 0 bridgehead atoms. The van der Waals surface area contributed by atoms with Crippen molar-refractivity contribution in [1.82, 2.24) is 4.98 Å². The summed E-state index contributed by atoms with van der Waals surface area (Å²) >= 11 is 3.49. The first-order valence-corrected chi connectivity index (χ1v) is 7.79. The summed E-state index contributed by atoms with van der Waals surface area (Å²) in [6.45, 7) is 3.84. The molecule has 0 aliphatic carbocycles. The van der Waals surface area contributed by atoms with Gasteiger partial charge in [-0.15, -0.1) is 10.2 Å². The third-order valence-corrected chi connectivity index (χ3v) is 4.58. The average molecular weight is 372 g/mol. The van der Waals surface area contributed by atoms with Crippen molar-refractivity contribution in [2.24, 2.45) is 10.2 Å². The highest BCUT2D eigenvalue weighted by molar-refractivity contribution is 9.10. The molecule has 0 fully saturated rings. The van der Waals surface area contributed by atoms with Crippen molar-refractivity contribution < 1.29 is 9.90 Å². The fourth-order valence-corrected chi connectivity index (χ4v) is 2.88. The van der Waals surface area contributed by atoms with Crippen molar-refractivity contribution in [3.05, 3.63) is 57.6 Å². The number of aryl methyl sites for hydroxylation is 2. The molecule has 23 heavy (non-hydrogen) atoms. The lowest BCUT2D eigenvalue weighted by molar-refractivity contribution is 0.0995. The molecule has 0 saturated carbocycles. The van der Waals surface area contributed by atoms with Crippen LogP contribution in [0.1, 0.15) is 21.5 Å². The van der Waals surface area contributed by atoms with E-state index in [9.17, 15) is 9.90 Å². The van der Waals surface area contributed by atoms with E-state index in [1.165, 1.54) is 0 Å². The zero-order valence-electron chi connectivity index (χ0n) is 12.6. The van der Waals surface area contributed by atoms with Gasteiger partial charge in [0.2, 0.25) is 5.88 Å². The third kappa shape index (κ3) is 2.90. The average Bonchev–Trinajstić information content (AvgIpc) is 2.85. The van der Waals surface area contributed by atoms with E-state index in [1.54, 1.807) is 18.2 Å². The molecule has 5 nitrogen and oxygen atoms in total. The zero-order valence-corrected chi connectivity index (χ0v) is 14.2. The Morgan fingerprint density at radius 2 is 2.00 bits per heavy atom. The van der Waals surface area contributed by atoms with Crippen LogP contribution in [0, 0.1) is 13.8 Å². The van der Waals surface area contributed by atoms with Gasteiger partial charge < -0.3 is 10.1 Å². The van der Waals surface area contributed by atoms with E-state index in [4.69, 9.17) is 0 Å². The first-order valence-electron chi connectivity index (χ1n) is 7.00. The van der Waals surface area contributed by atoms with Gasteiger partial charge in [-0.05, 0) is 53.5 Å². The number of nitrogens with zero attached hydrogens (tertiary/aromatic N) is 2. The predicted octanol–water partition coefficient (Wildman–Crippen LogP) is 5.18. The Labute approximate surface area is 141 Å². The number of carbonyl (C=O) groups excluding carboxylic acids is 1. The minimum atomic E-state index is -0.453. The first-order chi connectivity index (χ1) is 11.0. The van der Waals surface area contributed by atoms with Crippen LogP contribution >= 0.6 is 15.9 Å². The fraction of sp³-hybridized carbons (Fsp3) is 0.118. The lowest BCUT2D eigenvalue weighted by atomic mass is 10.1. The number of rotatable bonds is 2. The lowest BCUT2D eigenvalue weighted by Gasteiger charge is -2.00. The normalized spacial score (nSPS) is 11.4. The van der Waals surface area contributed by atoms with Crippen LogP contribution in [0.3, 0.4) is 0 Å². The number of aromatic nitrogens is 1. The SMILES string of the molecule is Cc1cccc(C(=O)N=Nc2c(O)[nH]c3ccc(C)c(Br)c23)c1. The number of halogens is 1. The Balaban J connectivity index is 2.03. The third-order valence-electron chi connectivity index (χ3n) is 3.56.